The third-order valence-corrected chi connectivity index (χ3v) is 5.11. The molecule has 0 bridgehead atoms. The first-order chi connectivity index (χ1) is 9.88. The molecule has 1 amide bonds. The van der Waals surface area contributed by atoms with E-state index in [4.69, 9.17) is 0 Å². The number of amides is 1. The molecular weight excluding hydrogens is 295 g/mol. The van der Waals surface area contributed by atoms with E-state index in [0.717, 1.165) is 37.8 Å². The summed E-state index contributed by atoms with van der Waals surface area (Å²) in [5.41, 5.74) is 0. The van der Waals surface area contributed by atoms with Crippen molar-refractivity contribution in [3.8, 4) is 0 Å². The van der Waals surface area contributed by atoms with E-state index < -0.39 is 21.9 Å². The van der Waals surface area contributed by atoms with Gasteiger partial charge in [0.2, 0.25) is 15.9 Å². The first-order valence-corrected chi connectivity index (χ1v) is 8.45. The van der Waals surface area contributed by atoms with Crippen LogP contribution in [0.2, 0.25) is 0 Å². The average molecular weight is 314 g/mol. The second-order valence-electron chi connectivity index (χ2n) is 5.29. The summed E-state index contributed by atoms with van der Waals surface area (Å²) in [5.74, 6) is -0.853. The van der Waals surface area contributed by atoms with Gasteiger partial charge < -0.3 is 5.32 Å². The molecule has 116 valence electrons. The lowest BCUT2D eigenvalue weighted by Gasteiger charge is -2.17. The maximum absolute atomic E-state index is 12.8. The summed E-state index contributed by atoms with van der Waals surface area (Å²) in [6.07, 6.45) is 4.04. The summed E-state index contributed by atoms with van der Waals surface area (Å²) in [4.78, 5) is 11.9. The lowest BCUT2D eigenvalue weighted by Crippen LogP contribution is -2.47. The Balaban J connectivity index is 1.98. The first kappa shape index (κ1) is 15.9. The van der Waals surface area contributed by atoms with Crippen molar-refractivity contribution in [3.05, 3.63) is 30.1 Å². The normalized spacial score (nSPS) is 17.6. The van der Waals surface area contributed by atoms with Crippen molar-refractivity contribution in [3.63, 3.8) is 0 Å². The van der Waals surface area contributed by atoms with Crippen LogP contribution in [0.1, 0.15) is 32.6 Å². The second kappa shape index (κ2) is 6.53. The van der Waals surface area contributed by atoms with E-state index in [9.17, 15) is 17.6 Å². The Bertz CT molecular complexity index is 595. The van der Waals surface area contributed by atoms with E-state index in [1.165, 1.54) is 19.1 Å². The molecular formula is C14H19FN2O3S. The standard InChI is InChI=1S/C14H19FN2O3S/c1-10(14(18)16-12-4-2-3-5-12)17-21(19,20)13-8-6-11(15)7-9-13/h6-10,12,17H,2-5H2,1H3,(H,16,18). The fraction of sp³-hybridized carbons (Fsp3) is 0.500. The number of carbonyl (C=O) groups is 1. The van der Waals surface area contributed by atoms with Crippen LogP contribution in [-0.2, 0) is 14.8 Å². The number of rotatable bonds is 5. The number of benzene rings is 1. The molecule has 0 aromatic heterocycles. The molecule has 0 heterocycles. The fourth-order valence-corrected chi connectivity index (χ4v) is 3.57. The van der Waals surface area contributed by atoms with E-state index in [0.29, 0.717) is 0 Å². The molecule has 0 spiro atoms. The monoisotopic (exact) mass is 314 g/mol. The van der Waals surface area contributed by atoms with Gasteiger partial charge in [0.1, 0.15) is 5.82 Å². The van der Waals surface area contributed by atoms with Gasteiger partial charge in [-0.05, 0) is 44.0 Å². The lowest BCUT2D eigenvalue weighted by molar-refractivity contribution is -0.123. The predicted molar refractivity (Wildman–Crippen MR) is 76.6 cm³/mol. The largest absolute Gasteiger partial charge is 0.352 e. The van der Waals surface area contributed by atoms with Gasteiger partial charge in [-0.1, -0.05) is 12.8 Å². The minimum atomic E-state index is -3.83. The van der Waals surface area contributed by atoms with Crippen LogP contribution in [0, 0.1) is 5.82 Å². The van der Waals surface area contributed by atoms with Gasteiger partial charge in [0.25, 0.3) is 0 Å². The molecule has 5 nitrogen and oxygen atoms in total. The van der Waals surface area contributed by atoms with E-state index in [1.54, 1.807) is 0 Å². The Morgan fingerprint density at radius 1 is 1.24 bits per heavy atom. The zero-order valence-corrected chi connectivity index (χ0v) is 12.6. The van der Waals surface area contributed by atoms with Crippen LogP contribution < -0.4 is 10.0 Å². The first-order valence-electron chi connectivity index (χ1n) is 6.97. The van der Waals surface area contributed by atoms with Gasteiger partial charge >= 0.3 is 0 Å². The van der Waals surface area contributed by atoms with Crippen molar-refractivity contribution in [2.45, 2.75) is 49.6 Å². The third-order valence-electron chi connectivity index (χ3n) is 3.55. The number of halogens is 1. The van der Waals surface area contributed by atoms with Crippen molar-refractivity contribution in [1.29, 1.82) is 0 Å². The fourth-order valence-electron chi connectivity index (χ4n) is 2.36. The van der Waals surface area contributed by atoms with Crippen LogP contribution >= 0.6 is 0 Å². The zero-order chi connectivity index (χ0) is 15.5. The van der Waals surface area contributed by atoms with E-state index in [1.807, 2.05) is 0 Å². The number of hydrogen-bond donors (Lipinski definition) is 2. The quantitative estimate of drug-likeness (QED) is 0.866. The van der Waals surface area contributed by atoms with Crippen molar-refractivity contribution in [1.82, 2.24) is 10.0 Å². The van der Waals surface area contributed by atoms with Gasteiger partial charge in [0.15, 0.2) is 0 Å². The summed E-state index contributed by atoms with van der Waals surface area (Å²) >= 11 is 0. The molecule has 1 unspecified atom stereocenters. The zero-order valence-electron chi connectivity index (χ0n) is 11.8. The molecule has 2 rings (SSSR count). The maximum atomic E-state index is 12.8. The number of nitrogens with one attached hydrogen (secondary N) is 2. The summed E-state index contributed by atoms with van der Waals surface area (Å²) in [6.45, 7) is 1.49. The maximum Gasteiger partial charge on any atom is 0.241 e. The van der Waals surface area contributed by atoms with Crippen LogP contribution in [-0.4, -0.2) is 26.4 Å². The van der Waals surface area contributed by atoms with Crippen molar-refractivity contribution >= 4 is 15.9 Å². The summed E-state index contributed by atoms with van der Waals surface area (Å²) in [5, 5.41) is 2.84. The average Bonchev–Trinajstić information content (AvgIpc) is 2.91. The van der Waals surface area contributed by atoms with Gasteiger partial charge in [-0.25, -0.2) is 12.8 Å². The SMILES string of the molecule is CC(NS(=O)(=O)c1ccc(F)cc1)C(=O)NC1CCCC1. The molecule has 1 fully saturated rings. The van der Waals surface area contributed by atoms with Gasteiger partial charge in [0.05, 0.1) is 10.9 Å². The molecule has 1 aromatic carbocycles. The Morgan fingerprint density at radius 3 is 2.38 bits per heavy atom. The highest BCUT2D eigenvalue weighted by Gasteiger charge is 2.24. The van der Waals surface area contributed by atoms with Crippen molar-refractivity contribution < 1.29 is 17.6 Å². The van der Waals surface area contributed by atoms with Gasteiger partial charge in [-0.3, -0.25) is 4.79 Å². The number of hydrogen-bond acceptors (Lipinski definition) is 3. The van der Waals surface area contributed by atoms with Crippen molar-refractivity contribution in [2.24, 2.45) is 0 Å². The highest BCUT2D eigenvalue weighted by atomic mass is 32.2. The lowest BCUT2D eigenvalue weighted by atomic mass is 10.2. The van der Waals surface area contributed by atoms with Crippen LogP contribution in [0.3, 0.4) is 0 Å². The van der Waals surface area contributed by atoms with Crippen molar-refractivity contribution in [2.75, 3.05) is 0 Å². The molecule has 2 N–H and O–H groups in total. The van der Waals surface area contributed by atoms with E-state index >= 15 is 0 Å². The number of carbonyl (C=O) groups excluding carboxylic acids is 1. The smallest absolute Gasteiger partial charge is 0.241 e. The Kier molecular flexibility index (Phi) is 4.95. The molecule has 0 saturated heterocycles. The Morgan fingerprint density at radius 2 is 1.81 bits per heavy atom. The van der Waals surface area contributed by atoms with Gasteiger partial charge in [0, 0.05) is 6.04 Å². The highest BCUT2D eigenvalue weighted by Crippen LogP contribution is 2.17. The highest BCUT2D eigenvalue weighted by molar-refractivity contribution is 7.89. The van der Waals surface area contributed by atoms with Crippen LogP contribution in [0.4, 0.5) is 4.39 Å². The minimum Gasteiger partial charge on any atom is -0.352 e. The Hall–Kier alpha value is -1.47. The topological polar surface area (TPSA) is 75.3 Å². The minimum absolute atomic E-state index is 0.0654. The van der Waals surface area contributed by atoms with E-state index in [-0.39, 0.29) is 16.8 Å². The molecule has 1 atom stereocenters. The third kappa shape index (κ3) is 4.25. The van der Waals surface area contributed by atoms with Crippen LogP contribution in [0.15, 0.2) is 29.2 Å². The molecule has 1 aromatic rings. The Labute approximate surface area is 124 Å². The molecule has 0 aliphatic heterocycles. The molecule has 1 aliphatic carbocycles. The van der Waals surface area contributed by atoms with Gasteiger partial charge in [-0.2, -0.15) is 4.72 Å². The van der Waals surface area contributed by atoms with Gasteiger partial charge in [-0.15, -0.1) is 0 Å². The molecule has 0 radical (unpaired) electrons. The second-order valence-corrected chi connectivity index (χ2v) is 7.00. The molecule has 21 heavy (non-hydrogen) atoms. The van der Waals surface area contributed by atoms with Crippen LogP contribution in [0.5, 0.6) is 0 Å². The number of sulfonamides is 1. The summed E-state index contributed by atoms with van der Waals surface area (Å²) < 4.78 is 39.3. The predicted octanol–water partition coefficient (Wildman–Crippen LogP) is 1.55. The molecule has 1 saturated carbocycles. The van der Waals surface area contributed by atoms with Crippen LogP contribution in [0.25, 0.3) is 0 Å². The summed E-state index contributed by atoms with van der Waals surface area (Å²) in [7, 11) is -3.83. The molecule has 7 heteroatoms. The van der Waals surface area contributed by atoms with E-state index in [2.05, 4.69) is 10.0 Å². The molecule has 1 aliphatic rings. The summed E-state index contributed by atoms with van der Waals surface area (Å²) in [6, 6.07) is 3.73.